The molecule has 2 rings (SSSR count). The van der Waals surface area contributed by atoms with Crippen molar-refractivity contribution >= 4 is 5.78 Å². The summed E-state index contributed by atoms with van der Waals surface area (Å²) in [6.45, 7) is 3.79. The van der Waals surface area contributed by atoms with Gasteiger partial charge in [-0.1, -0.05) is 6.92 Å². The molecule has 82 valence electrons. The van der Waals surface area contributed by atoms with Gasteiger partial charge in [0.15, 0.2) is 0 Å². The van der Waals surface area contributed by atoms with Crippen molar-refractivity contribution in [3.05, 3.63) is 18.2 Å². The van der Waals surface area contributed by atoms with E-state index in [0.717, 1.165) is 25.3 Å². The molecule has 1 aliphatic rings. The summed E-state index contributed by atoms with van der Waals surface area (Å²) in [6, 6.07) is 0. The second-order valence-corrected chi connectivity index (χ2v) is 4.54. The zero-order chi connectivity index (χ0) is 10.9. The van der Waals surface area contributed by atoms with Crippen LogP contribution in [0.4, 0.5) is 0 Å². The van der Waals surface area contributed by atoms with Crippen molar-refractivity contribution in [3.63, 3.8) is 0 Å². The Labute approximate surface area is 89.7 Å². The zero-order valence-corrected chi connectivity index (χ0v) is 9.29. The molecule has 15 heavy (non-hydrogen) atoms. The molecule has 1 atom stereocenters. The summed E-state index contributed by atoms with van der Waals surface area (Å²) in [6.07, 6.45) is 4.99. The molecule has 4 heteroatoms. The van der Waals surface area contributed by atoms with Crippen LogP contribution in [0.15, 0.2) is 12.4 Å². The summed E-state index contributed by atoms with van der Waals surface area (Å²) < 4.78 is 1.91. The molecule has 0 amide bonds. The van der Waals surface area contributed by atoms with Crippen LogP contribution in [0, 0.1) is 5.41 Å². The van der Waals surface area contributed by atoms with Crippen LogP contribution >= 0.6 is 0 Å². The summed E-state index contributed by atoms with van der Waals surface area (Å²) in [7, 11) is 1.92. The van der Waals surface area contributed by atoms with Crippen molar-refractivity contribution in [1.82, 2.24) is 14.9 Å². The number of carbonyl (C=O) groups is 1. The van der Waals surface area contributed by atoms with Gasteiger partial charge in [-0.25, -0.2) is 4.98 Å². The molecule has 0 spiro atoms. The minimum absolute atomic E-state index is 0.189. The second-order valence-electron chi connectivity index (χ2n) is 4.54. The summed E-state index contributed by atoms with van der Waals surface area (Å²) in [4.78, 5) is 16.3. The number of nitrogens with one attached hydrogen (secondary N) is 1. The smallest absolute Gasteiger partial charge is 0.147 e. The summed E-state index contributed by atoms with van der Waals surface area (Å²) >= 11 is 0. The van der Waals surface area contributed by atoms with E-state index in [2.05, 4.69) is 10.3 Å². The van der Waals surface area contributed by atoms with Gasteiger partial charge in [0.25, 0.3) is 0 Å². The average molecular weight is 207 g/mol. The molecule has 1 unspecified atom stereocenters. The molecule has 0 radical (unpaired) electrons. The van der Waals surface area contributed by atoms with Gasteiger partial charge in [0.05, 0.1) is 6.42 Å². The Bertz CT molecular complexity index is 364. The molecule has 0 aliphatic carbocycles. The van der Waals surface area contributed by atoms with Crippen molar-refractivity contribution in [2.24, 2.45) is 12.5 Å². The SMILES string of the molecule is Cn1ccnc1CC(=O)C1(C)CCNC1. The highest BCUT2D eigenvalue weighted by Gasteiger charge is 2.36. The van der Waals surface area contributed by atoms with Gasteiger partial charge < -0.3 is 9.88 Å². The minimum atomic E-state index is -0.189. The number of aryl methyl sites for hydroxylation is 1. The van der Waals surface area contributed by atoms with Gasteiger partial charge in [-0.15, -0.1) is 0 Å². The van der Waals surface area contributed by atoms with E-state index >= 15 is 0 Å². The molecular weight excluding hydrogens is 190 g/mol. The van der Waals surface area contributed by atoms with Crippen molar-refractivity contribution in [2.75, 3.05) is 13.1 Å². The van der Waals surface area contributed by atoms with Crippen LogP contribution in [-0.4, -0.2) is 28.4 Å². The van der Waals surface area contributed by atoms with Crippen LogP contribution in [0.3, 0.4) is 0 Å². The minimum Gasteiger partial charge on any atom is -0.338 e. The maximum atomic E-state index is 12.1. The van der Waals surface area contributed by atoms with Gasteiger partial charge in [0, 0.05) is 31.4 Å². The first-order valence-corrected chi connectivity index (χ1v) is 5.32. The third-order valence-corrected chi connectivity index (χ3v) is 3.28. The van der Waals surface area contributed by atoms with E-state index in [9.17, 15) is 4.79 Å². The first kappa shape index (κ1) is 10.4. The van der Waals surface area contributed by atoms with E-state index in [1.54, 1.807) is 6.20 Å². The number of aromatic nitrogens is 2. The fourth-order valence-electron chi connectivity index (χ4n) is 1.98. The fraction of sp³-hybridized carbons (Fsp3) is 0.636. The highest BCUT2D eigenvalue weighted by Crippen LogP contribution is 2.26. The molecule has 2 heterocycles. The highest BCUT2D eigenvalue weighted by atomic mass is 16.1. The lowest BCUT2D eigenvalue weighted by molar-refractivity contribution is -0.126. The summed E-state index contributed by atoms with van der Waals surface area (Å²) in [5.41, 5.74) is -0.189. The summed E-state index contributed by atoms with van der Waals surface area (Å²) in [5.74, 6) is 1.15. The molecule has 4 nitrogen and oxygen atoms in total. The van der Waals surface area contributed by atoms with E-state index in [-0.39, 0.29) is 5.41 Å². The number of imidazole rings is 1. The molecular formula is C11H17N3O. The number of carbonyl (C=O) groups excluding carboxylic acids is 1. The first-order valence-electron chi connectivity index (χ1n) is 5.32. The van der Waals surface area contributed by atoms with E-state index < -0.39 is 0 Å². The number of hydrogen-bond donors (Lipinski definition) is 1. The monoisotopic (exact) mass is 207 g/mol. The number of ketones is 1. The van der Waals surface area contributed by atoms with Crippen molar-refractivity contribution in [2.45, 2.75) is 19.8 Å². The topological polar surface area (TPSA) is 46.9 Å². The Hall–Kier alpha value is -1.16. The molecule has 1 aromatic rings. The first-order chi connectivity index (χ1) is 7.12. The molecule has 0 aromatic carbocycles. The Morgan fingerprint density at radius 2 is 2.53 bits per heavy atom. The number of rotatable bonds is 3. The maximum Gasteiger partial charge on any atom is 0.147 e. The quantitative estimate of drug-likeness (QED) is 0.786. The van der Waals surface area contributed by atoms with Crippen LogP contribution in [0.2, 0.25) is 0 Å². The van der Waals surface area contributed by atoms with Gasteiger partial charge in [-0.3, -0.25) is 4.79 Å². The molecule has 0 saturated carbocycles. The van der Waals surface area contributed by atoms with Gasteiger partial charge in [-0.2, -0.15) is 0 Å². The van der Waals surface area contributed by atoms with E-state index in [1.165, 1.54) is 0 Å². The lowest BCUT2D eigenvalue weighted by Crippen LogP contribution is -2.32. The van der Waals surface area contributed by atoms with E-state index in [4.69, 9.17) is 0 Å². The van der Waals surface area contributed by atoms with Crippen LogP contribution in [0.5, 0.6) is 0 Å². The predicted octanol–water partition coefficient (Wildman–Crippen LogP) is 0.531. The van der Waals surface area contributed by atoms with Gasteiger partial charge in [0.1, 0.15) is 11.6 Å². The van der Waals surface area contributed by atoms with Gasteiger partial charge in [0.2, 0.25) is 0 Å². The molecule has 1 N–H and O–H groups in total. The van der Waals surface area contributed by atoms with Crippen molar-refractivity contribution in [3.8, 4) is 0 Å². The van der Waals surface area contributed by atoms with Crippen molar-refractivity contribution < 1.29 is 4.79 Å². The molecule has 1 aromatic heterocycles. The Morgan fingerprint density at radius 3 is 3.07 bits per heavy atom. The lowest BCUT2D eigenvalue weighted by Gasteiger charge is -2.20. The van der Waals surface area contributed by atoms with Crippen LogP contribution in [0.1, 0.15) is 19.2 Å². The lowest BCUT2D eigenvalue weighted by atomic mass is 9.83. The molecule has 0 bridgehead atoms. The second kappa shape index (κ2) is 3.77. The van der Waals surface area contributed by atoms with E-state index in [0.29, 0.717) is 12.2 Å². The third-order valence-electron chi connectivity index (χ3n) is 3.28. The number of hydrogen-bond acceptors (Lipinski definition) is 3. The standard InChI is InChI=1S/C11H17N3O/c1-11(3-4-12-8-11)9(15)7-10-13-5-6-14(10)2/h5-6,12H,3-4,7-8H2,1-2H3. The predicted molar refractivity (Wildman–Crippen MR) is 57.5 cm³/mol. The normalized spacial score (nSPS) is 25.7. The zero-order valence-electron chi connectivity index (χ0n) is 9.29. The van der Waals surface area contributed by atoms with Gasteiger partial charge in [-0.05, 0) is 13.0 Å². The number of Topliss-reactive ketones (excluding diaryl/α,β-unsaturated/α-hetero) is 1. The largest absolute Gasteiger partial charge is 0.338 e. The highest BCUT2D eigenvalue weighted by molar-refractivity contribution is 5.86. The Morgan fingerprint density at radius 1 is 1.73 bits per heavy atom. The Balaban J connectivity index is 2.07. The number of nitrogens with zero attached hydrogens (tertiary/aromatic N) is 2. The van der Waals surface area contributed by atoms with Crippen LogP contribution < -0.4 is 5.32 Å². The van der Waals surface area contributed by atoms with Gasteiger partial charge >= 0.3 is 0 Å². The Kier molecular flexibility index (Phi) is 2.61. The van der Waals surface area contributed by atoms with Crippen LogP contribution in [-0.2, 0) is 18.3 Å². The molecule has 1 saturated heterocycles. The fourth-order valence-corrected chi connectivity index (χ4v) is 1.98. The van der Waals surface area contributed by atoms with Crippen molar-refractivity contribution in [1.29, 1.82) is 0 Å². The van der Waals surface area contributed by atoms with Crippen LogP contribution in [0.25, 0.3) is 0 Å². The average Bonchev–Trinajstić information content (AvgIpc) is 2.78. The maximum absolute atomic E-state index is 12.1. The molecule has 1 fully saturated rings. The summed E-state index contributed by atoms with van der Waals surface area (Å²) in [5, 5.41) is 3.24. The molecule has 1 aliphatic heterocycles. The third kappa shape index (κ3) is 1.95. The van der Waals surface area contributed by atoms with E-state index in [1.807, 2.05) is 24.7 Å².